The fourth-order valence-corrected chi connectivity index (χ4v) is 0.592. The molecule has 0 radical (unpaired) electrons. The van der Waals surface area contributed by atoms with E-state index in [0.717, 1.165) is 0 Å². The van der Waals surface area contributed by atoms with Crippen LogP contribution in [0, 0.1) is 5.41 Å². The summed E-state index contributed by atoms with van der Waals surface area (Å²) in [5.74, 6) is 0. The van der Waals surface area contributed by atoms with Gasteiger partial charge in [0.2, 0.25) is 0 Å². The van der Waals surface area contributed by atoms with Crippen molar-refractivity contribution in [1.29, 1.82) is 0 Å². The molecule has 0 aliphatic heterocycles. The lowest BCUT2D eigenvalue weighted by Gasteiger charge is -2.20. The minimum atomic E-state index is -0.708. The van der Waals surface area contributed by atoms with Gasteiger partial charge in [-0.25, -0.2) is 0 Å². The molecule has 0 saturated heterocycles. The first-order valence-corrected chi connectivity index (χ1v) is 5.22. The van der Waals surface area contributed by atoms with E-state index in [1.165, 1.54) is 0 Å². The Morgan fingerprint density at radius 1 is 0.812 bits per heavy atom. The summed E-state index contributed by atoms with van der Waals surface area (Å²) in [6, 6.07) is 0. The molecular formula is C10H24O6. The monoisotopic (exact) mass is 240 g/mol. The Morgan fingerprint density at radius 3 is 1.25 bits per heavy atom. The Bertz CT molecular complexity index is 123. The van der Waals surface area contributed by atoms with E-state index in [0.29, 0.717) is 12.8 Å². The number of aliphatic hydroxyl groups excluding tert-OH is 6. The quantitative estimate of drug-likeness (QED) is 0.308. The lowest BCUT2D eigenvalue weighted by molar-refractivity contribution is 0.0200. The zero-order valence-corrected chi connectivity index (χ0v) is 9.71. The number of aliphatic hydroxyl groups is 6. The van der Waals surface area contributed by atoms with Crippen LogP contribution < -0.4 is 0 Å². The fraction of sp³-hybridized carbons (Fsp3) is 1.00. The molecule has 100 valence electrons. The van der Waals surface area contributed by atoms with E-state index in [2.05, 4.69) is 0 Å². The predicted octanol–water partition coefficient (Wildman–Crippen LogP) is -1.92. The van der Waals surface area contributed by atoms with E-state index in [1.807, 2.05) is 0 Å². The number of hydrogen-bond acceptors (Lipinski definition) is 6. The summed E-state index contributed by atoms with van der Waals surface area (Å²) in [4.78, 5) is 0. The van der Waals surface area contributed by atoms with Gasteiger partial charge in [-0.3, -0.25) is 0 Å². The summed E-state index contributed by atoms with van der Waals surface area (Å²) in [7, 11) is 0. The van der Waals surface area contributed by atoms with E-state index in [1.54, 1.807) is 6.92 Å². The SMILES string of the molecule is CC(CO)(CO)CO.OCCC(O)CCO. The van der Waals surface area contributed by atoms with Crippen LogP contribution in [0.1, 0.15) is 19.8 Å². The third-order valence-corrected chi connectivity index (χ3v) is 2.07. The van der Waals surface area contributed by atoms with Gasteiger partial charge in [0.1, 0.15) is 0 Å². The molecule has 0 saturated carbocycles. The highest BCUT2D eigenvalue weighted by atomic mass is 16.3. The van der Waals surface area contributed by atoms with Crippen LogP contribution in [0.4, 0.5) is 0 Å². The lowest BCUT2D eigenvalue weighted by atomic mass is 9.95. The highest BCUT2D eigenvalue weighted by molar-refractivity contribution is 4.69. The van der Waals surface area contributed by atoms with Gasteiger partial charge in [0, 0.05) is 18.6 Å². The molecule has 0 unspecified atom stereocenters. The molecule has 0 aliphatic rings. The Hall–Kier alpha value is -0.240. The maximum atomic E-state index is 8.73. The molecule has 0 bridgehead atoms. The van der Waals surface area contributed by atoms with Gasteiger partial charge in [-0.15, -0.1) is 0 Å². The first-order valence-electron chi connectivity index (χ1n) is 5.22. The molecule has 0 aromatic heterocycles. The van der Waals surface area contributed by atoms with Crippen LogP contribution in [-0.2, 0) is 0 Å². The molecule has 0 aliphatic carbocycles. The Kier molecular flexibility index (Phi) is 12.8. The van der Waals surface area contributed by atoms with Crippen LogP contribution in [0.5, 0.6) is 0 Å². The molecule has 16 heavy (non-hydrogen) atoms. The highest BCUT2D eigenvalue weighted by Gasteiger charge is 2.20. The molecule has 6 N–H and O–H groups in total. The Morgan fingerprint density at radius 2 is 1.12 bits per heavy atom. The first-order chi connectivity index (χ1) is 7.49. The van der Waals surface area contributed by atoms with Gasteiger partial charge in [0.15, 0.2) is 0 Å². The Labute approximate surface area is 95.8 Å². The summed E-state index contributed by atoms with van der Waals surface area (Å²) >= 11 is 0. The molecule has 6 heteroatoms. The second-order valence-electron chi connectivity index (χ2n) is 3.96. The summed E-state index contributed by atoms with van der Waals surface area (Å²) in [5, 5.41) is 50.6. The minimum Gasteiger partial charge on any atom is -0.396 e. The average molecular weight is 240 g/mol. The first kappa shape index (κ1) is 18.1. The van der Waals surface area contributed by atoms with Gasteiger partial charge < -0.3 is 30.6 Å². The fourth-order valence-electron chi connectivity index (χ4n) is 0.592. The normalized spacial score (nSPS) is 11.2. The molecular weight excluding hydrogens is 216 g/mol. The second kappa shape index (κ2) is 11.3. The van der Waals surface area contributed by atoms with Gasteiger partial charge >= 0.3 is 0 Å². The molecule has 0 aromatic rings. The predicted molar refractivity (Wildman–Crippen MR) is 58.8 cm³/mol. The maximum absolute atomic E-state index is 8.73. The van der Waals surface area contributed by atoms with Crippen LogP contribution in [0.2, 0.25) is 0 Å². The summed E-state index contributed by atoms with van der Waals surface area (Å²) < 4.78 is 0. The van der Waals surface area contributed by atoms with Gasteiger partial charge in [0.25, 0.3) is 0 Å². The smallest absolute Gasteiger partial charge is 0.0583 e. The van der Waals surface area contributed by atoms with Crippen molar-refractivity contribution in [3.8, 4) is 0 Å². The molecule has 0 aromatic carbocycles. The molecule has 0 heterocycles. The topological polar surface area (TPSA) is 121 Å². The average Bonchev–Trinajstić information content (AvgIpc) is 2.30. The van der Waals surface area contributed by atoms with E-state index < -0.39 is 11.5 Å². The van der Waals surface area contributed by atoms with Crippen molar-refractivity contribution in [2.45, 2.75) is 25.9 Å². The lowest BCUT2D eigenvalue weighted by Crippen LogP contribution is -2.29. The maximum Gasteiger partial charge on any atom is 0.0583 e. The van der Waals surface area contributed by atoms with Crippen molar-refractivity contribution >= 4 is 0 Å². The molecule has 0 spiro atoms. The highest BCUT2D eigenvalue weighted by Crippen LogP contribution is 2.10. The summed E-state index contributed by atoms with van der Waals surface area (Å²) in [5.41, 5.74) is -0.708. The largest absolute Gasteiger partial charge is 0.396 e. The van der Waals surface area contributed by atoms with Gasteiger partial charge in [-0.2, -0.15) is 0 Å². The van der Waals surface area contributed by atoms with Gasteiger partial charge in [-0.05, 0) is 12.8 Å². The molecule has 0 rings (SSSR count). The van der Waals surface area contributed by atoms with E-state index in [-0.39, 0.29) is 33.0 Å². The third-order valence-electron chi connectivity index (χ3n) is 2.07. The zero-order valence-electron chi connectivity index (χ0n) is 9.71. The third kappa shape index (κ3) is 10.3. The van der Waals surface area contributed by atoms with Crippen molar-refractivity contribution in [1.82, 2.24) is 0 Å². The Balaban J connectivity index is 0. The number of rotatable bonds is 7. The van der Waals surface area contributed by atoms with Crippen LogP contribution in [0.3, 0.4) is 0 Å². The summed E-state index contributed by atoms with van der Waals surface area (Å²) in [6.07, 6.45) is 0.186. The van der Waals surface area contributed by atoms with E-state index in [9.17, 15) is 0 Å². The van der Waals surface area contributed by atoms with E-state index >= 15 is 0 Å². The molecule has 0 atom stereocenters. The van der Waals surface area contributed by atoms with Crippen molar-refractivity contribution in [2.75, 3.05) is 33.0 Å². The molecule has 0 fully saturated rings. The van der Waals surface area contributed by atoms with Crippen LogP contribution in [0.15, 0.2) is 0 Å². The number of hydrogen-bond donors (Lipinski definition) is 6. The van der Waals surface area contributed by atoms with Crippen LogP contribution in [0.25, 0.3) is 0 Å². The van der Waals surface area contributed by atoms with Gasteiger partial charge in [0.05, 0.1) is 25.9 Å². The van der Waals surface area contributed by atoms with E-state index in [4.69, 9.17) is 30.6 Å². The van der Waals surface area contributed by atoms with Crippen LogP contribution >= 0.6 is 0 Å². The van der Waals surface area contributed by atoms with Crippen molar-refractivity contribution in [3.63, 3.8) is 0 Å². The molecule has 6 nitrogen and oxygen atoms in total. The van der Waals surface area contributed by atoms with Crippen molar-refractivity contribution in [2.24, 2.45) is 5.41 Å². The summed E-state index contributed by atoms with van der Waals surface area (Å²) in [6.45, 7) is 1.04. The standard InChI is InChI=1S/2C5H12O3/c1-5(2-6,3-7)4-8;6-3-1-5(8)2-4-7/h6-8H,2-4H2,1H3;5-8H,1-4H2. The minimum absolute atomic E-state index is 0.0127. The van der Waals surface area contributed by atoms with Gasteiger partial charge in [-0.1, -0.05) is 6.92 Å². The van der Waals surface area contributed by atoms with Crippen molar-refractivity contribution < 1.29 is 30.6 Å². The molecule has 0 amide bonds. The second-order valence-corrected chi connectivity index (χ2v) is 3.96. The van der Waals surface area contributed by atoms with Crippen molar-refractivity contribution in [3.05, 3.63) is 0 Å². The van der Waals surface area contributed by atoms with Crippen LogP contribution in [-0.4, -0.2) is 69.8 Å². The zero-order chi connectivity index (χ0) is 13.0.